The number of thiazole rings is 1. The Kier molecular flexibility index (Phi) is 5.11. The Balaban J connectivity index is 1.46. The Bertz CT molecular complexity index is 827. The number of piperidine rings is 1. The lowest BCUT2D eigenvalue weighted by Gasteiger charge is -2.36. The van der Waals surface area contributed by atoms with Crippen LogP contribution in [0, 0.1) is 0 Å². The van der Waals surface area contributed by atoms with E-state index < -0.39 is 0 Å². The molecule has 1 atom stereocenters. The molecule has 0 bridgehead atoms. The average Bonchev–Trinajstić information content (AvgIpc) is 3.40. The molecule has 6 heteroatoms. The molecule has 3 aromatic rings. The fourth-order valence-corrected chi connectivity index (χ4v) is 4.22. The summed E-state index contributed by atoms with van der Waals surface area (Å²) in [6, 6.07) is 8.16. The van der Waals surface area contributed by atoms with E-state index in [4.69, 9.17) is 0 Å². The molecular formula is C20H22N4OS. The van der Waals surface area contributed by atoms with E-state index in [1.807, 2.05) is 42.2 Å². The topological polar surface area (TPSA) is 51.0 Å². The zero-order valence-electron chi connectivity index (χ0n) is 14.6. The van der Waals surface area contributed by atoms with E-state index in [1.165, 1.54) is 6.42 Å². The van der Waals surface area contributed by atoms with Crippen LogP contribution in [0.3, 0.4) is 0 Å². The van der Waals surface area contributed by atoms with Gasteiger partial charge in [0.15, 0.2) is 0 Å². The molecule has 3 heterocycles. The largest absolute Gasteiger partial charge is 0.337 e. The van der Waals surface area contributed by atoms with Crippen LogP contribution in [0.2, 0.25) is 0 Å². The summed E-state index contributed by atoms with van der Waals surface area (Å²) in [5.74, 6) is 0.144. The maximum atomic E-state index is 13.1. The van der Waals surface area contributed by atoms with E-state index in [0.717, 1.165) is 48.5 Å². The minimum absolute atomic E-state index is 0.144. The van der Waals surface area contributed by atoms with Gasteiger partial charge in [-0.2, -0.15) is 0 Å². The van der Waals surface area contributed by atoms with Gasteiger partial charge >= 0.3 is 0 Å². The lowest BCUT2D eigenvalue weighted by molar-refractivity contribution is 0.0595. The Morgan fingerprint density at radius 2 is 2.08 bits per heavy atom. The third-order valence-corrected chi connectivity index (χ3v) is 5.80. The van der Waals surface area contributed by atoms with Crippen molar-refractivity contribution in [2.24, 2.45) is 0 Å². The van der Waals surface area contributed by atoms with Crippen molar-refractivity contribution in [3.63, 3.8) is 0 Å². The Morgan fingerprint density at radius 3 is 2.81 bits per heavy atom. The molecule has 1 aliphatic rings. The molecule has 5 nitrogen and oxygen atoms in total. The van der Waals surface area contributed by atoms with Crippen LogP contribution in [0.4, 0.5) is 0 Å². The highest BCUT2D eigenvalue weighted by Crippen LogP contribution is 2.25. The first-order chi connectivity index (χ1) is 12.8. The second kappa shape index (κ2) is 7.83. The third-order valence-electron chi connectivity index (χ3n) is 4.98. The minimum Gasteiger partial charge on any atom is -0.337 e. The molecule has 1 aliphatic heterocycles. The van der Waals surface area contributed by atoms with Crippen LogP contribution in [0.25, 0.3) is 10.6 Å². The van der Waals surface area contributed by atoms with Gasteiger partial charge in [-0.15, -0.1) is 11.3 Å². The molecule has 0 spiro atoms. The molecule has 0 radical (unpaired) electrons. The fraction of sp³-hybridized carbons (Fsp3) is 0.350. The summed E-state index contributed by atoms with van der Waals surface area (Å²) in [5.41, 5.74) is 1.83. The van der Waals surface area contributed by atoms with Crippen LogP contribution in [0.5, 0.6) is 0 Å². The number of likely N-dealkylation sites (tertiary alicyclic amines) is 1. The predicted molar refractivity (Wildman–Crippen MR) is 103 cm³/mol. The molecule has 1 saturated heterocycles. The first kappa shape index (κ1) is 17.0. The third kappa shape index (κ3) is 3.70. The molecule has 26 heavy (non-hydrogen) atoms. The molecule has 0 N–H and O–H groups in total. The number of amides is 1. The number of aryl methyl sites for hydroxylation is 1. The first-order valence-corrected chi connectivity index (χ1v) is 9.96. The van der Waals surface area contributed by atoms with Crippen molar-refractivity contribution in [3.8, 4) is 10.6 Å². The summed E-state index contributed by atoms with van der Waals surface area (Å²) in [5, 5.41) is 2.95. The molecule has 2 aromatic heterocycles. The van der Waals surface area contributed by atoms with Crippen LogP contribution in [0.15, 0.2) is 54.6 Å². The maximum absolute atomic E-state index is 13.1. The van der Waals surface area contributed by atoms with Crippen molar-refractivity contribution in [2.75, 3.05) is 6.54 Å². The Hall–Kier alpha value is -2.47. The standard InChI is InChI=1S/C20H22N4OS/c25-20(17-6-4-16(5-7-17)19-22-10-14-26-19)24-11-2-1-3-18(24)8-12-23-13-9-21-15-23/h4-7,9-10,13-15,18H,1-3,8,11-12H2/t18-/m0/s1. The summed E-state index contributed by atoms with van der Waals surface area (Å²) in [6.07, 6.45) is 11.8. The lowest BCUT2D eigenvalue weighted by Crippen LogP contribution is -2.44. The molecule has 0 saturated carbocycles. The average molecular weight is 366 g/mol. The van der Waals surface area contributed by atoms with Gasteiger partial charge in [0.05, 0.1) is 6.33 Å². The van der Waals surface area contributed by atoms with Gasteiger partial charge < -0.3 is 9.47 Å². The molecular weight excluding hydrogens is 344 g/mol. The van der Waals surface area contributed by atoms with E-state index in [-0.39, 0.29) is 5.91 Å². The minimum atomic E-state index is 0.144. The second-order valence-electron chi connectivity index (χ2n) is 6.65. The lowest BCUT2D eigenvalue weighted by atomic mass is 9.98. The number of carbonyl (C=O) groups is 1. The normalized spacial score (nSPS) is 17.4. The number of imidazole rings is 1. The SMILES string of the molecule is O=C(c1ccc(-c2nccs2)cc1)N1CCCC[C@H]1CCn1ccnc1. The molecule has 0 unspecified atom stereocenters. The van der Waals surface area contributed by atoms with Gasteiger partial charge in [-0.1, -0.05) is 12.1 Å². The Morgan fingerprint density at radius 1 is 1.19 bits per heavy atom. The van der Waals surface area contributed by atoms with E-state index in [2.05, 4.69) is 19.4 Å². The number of rotatable bonds is 5. The number of carbonyl (C=O) groups excluding carboxylic acids is 1. The highest BCUT2D eigenvalue weighted by atomic mass is 32.1. The second-order valence-corrected chi connectivity index (χ2v) is 7.55. The van der Waals surface area contributed by atoms with Crippen LogP contribution in [0.1, 0.15) is 36.0 Å². The van der Waals surface area contributed by atoms with Gasteiger partial charge in [0.25, 0.3) is 5.91 Å². The van der Waals surface area contributed by atoms with Crippen molar-refractivity contribution in [1.82, 2.24) is 19.4 Å². The summed E-state index contributed by atoms with van der Waals surface area (Å²) in [4.78, 5) is 23.6. The zero-order chi connectivity index (χ0) is 17.8. The van der Waals surface area contributed by atoms with E-state index >= 15 is 0 Å². The van der Waals surface area contributed by atoms with E-state index in [1.54, 1.807) is 23.7 Å². The first-order valence-electron chi connectivity index (χ1n) is 9.08. The summed E-state index contributed by atoms with van der Waals surface area (Å²) in [7, 11) is 0. The quantitative estimate of drug-likeness (QED) is 0.683. The molecule has 4 rings (SSSR count). The molecule has 1 fully saturated rings. The number of aromatic nitrogens is 3. The maximum Gasteiger partial charge on any atom is 0.254 e. The van der Waals surface area contributed by atoms with Gasteiger partial charge in [-0.25, -0.2) is 9.97 Å². The number of hydrogen-bond acceptors (Lipinski definition) is 4. The van der Waals surface area contributed by atoms with Gasteiger partial charge in [-0.05, 0) is 37.8 Å². The van der Waals surface area contributed by atoms with Gasteiger partial charge in [-0.3, -0.25) is 4.79 Å². The van der Waals surface area contributed by atoms with Crippen molar-refractivity contribution in [3.05, 3.63) is 60.1 Å². The van der Waals surface area contributed by atoms with Crippen molar-refractivity contribution in [1.29, 1.82) is 0 Å². The predicted octanol–water partition coefficient (Wildman–Crippen LogP) is 4.09. The molecule has 134 valence electrons. The van der Waals surface area contributed by atoms with Gasteiger partial charge in [0.1, 0.15) is 5.01 Å². The molecule has 0 aliphatic carbocycles. The van der Waals surface area contributed by atoms with Gasteiger partial charge in [0.2, 0.25) is 0 Å². The van der Waals surface area contributed by atoms with Crippen LogP contribution < -0.4 is 0 Å². The van der Waals surface area contributed by atoms with Crippen LogP contribution in [-0.2, 0) is 6.54 Å². The van der Waals surface area contributed by atoms with Crippen molar-refractivity contribution in [2.45, 2.75) is 38.3 Å². The summed E-state index contributed by atoms with van der Waals surface area (Å²) < 4.78 is 2.08. The van der Waals surface area contributed by atoms with Crippen molar-refractivity contribution >= 4 is 17.2 Å². The van der Waals surface area contributed by atoms with E-state index in [0.29, 0.717) is 6.04 Å². The Labute approximate surface area is 157 Å². The summed E-state index contributed by atoms with van der Waals surface area (Å²) in [6.45, 7) is 1.75. The van der Waals surface area contributed by atoms with E-state index in [9.17, 15) is 4.79 Å². The number of benzene rings is 1. The van der Waals surface area contributed by atoms with Crippen LogP contribution in [-0.4, -0.2) is 37.9 Å². The fourth-order valence-electron chi connectivity index (χ4n) is 3.57. The van der Waals surface area contributed by atoms with Crippen LogP contribution >= 0.6 is 11.3 Å². The monoisotopic (exact) mass is 366 g/mol. The van der Waals surface area contributed by atoms with Crippen molar-refractivity contribution < 1.29 is 4.79 Å². The highest BCUT2D eigenvalue weighted by molar-refractivity contribution is 7.13. The summed E-state index contributed by atoms with van der Waals surface area (Å²) >= 11 is 1.61. The number of nitrogens with zero attached hydrogens (tertiary/aromatic N) is 4. The zero-order valence-corrected chi connectivity index (χ0v) is 15.4. The highest BCUT2D eigenvalue weighted by Gasteiger charge is 2.27. The smallest absolute Gasteiger partial charge is 0.254 e. The molecule has 1 amide bonds. The molecule has 1 aromatic carbocycles. The van der Waals surface area contributed by atoms with Gasteiger partial charge in [0, 0.05) is 54.2 Å². The number of hydrogen-bond donors (Lipinski definition) is 0.